The number of nitrogens with zero attached hydrogens (tertiary/aromatic N) is 2. The van der Waals surface area contributed by atoms with E-state index in [9.17, 15) is 4.79 Å². The molecule has 4 heteroatoms. The number of piperidine rings is 1. The van der Waals surface area contributed by atoms with Crippen LogP contribution in [0.5, 0.6) is 0 Å². The highest BCUT2D eigenvalue weighted by Crippen LogP contribution is 2.14. The van der Waals surface area contributed by atoms with Crippen LogP contribution in [-0.4, -0.2) is 55.1 Å². The summed E-state index contributed by atoms with van der Waals surface area (Å²) in [5, 5.41) is 2.84. The summed E-state index contributed by atoms with van der Waals surface area (Å²) in [7, 11) is 1.90. The van der Waals surface area contributed by atoms with Crippen molar-refractivity contribution in [3.05, 3.63) is 0 Å². The van der Waals surface area contributed by atoms with E-state index in [0.717, 1.165) is 32.5 Å². The Bertz CT molecular complexity index is 200. The summed E-state index contributed by atoms with van der Waals surface area (Å²) < 4.78 is 0. The van der Waals surface area contributed by atoms with Gasteiger partial charge in [-0.3, -0.25) is 0 Å². The second kappa shape index (κ2) is 5.95. The number of rotatable bonds is 3. The number of urea groups is 1. The van der Waals surface area contributed by atoms with Gasteiger partial charge in [-0.1, -0.05) is 6.92 Å². The van der Waals surface area contributed by atoms with Crippen LogP contribution in [0.3, 0.4) is 0 Å². The minimum atomic E-state index is 0.0625. The molecule has 1 fully saturated rings. The fourth-order valence-corrected chi connectivity index (χ4v) is 2.06. The lowest BCUT2D eigenvalue weighted by molar-refractivity contribution is 0.138. The Labute approximate surface area is 92.6 Å². The van der Waals surface area contributed by atoms with Gasteiger partial charge in [0.1, 0.15) is 0 Å². The van der Waals surface area contributed by atoms with Gasteiger partial charge in [-0.05, 0) is 26.3 Å². The smallest absolute Gasteiger partial charge is 0.317 e. The lowest BCUT2D eigenvalue weighted by Crippen LogP contribution is -2.48. The molecule has 1 aliphatic heterocycles. The Kier molecular flexibility index (Phi) is 4.88. The van der Waals surface area contributed by atoms with Crippen LogP contribution in [0.1, 0.15) is 26.7 Å². The summed E-state index contributed by atoms with van der Waals surface area (Å²) in [4.78, 5) is 15.9. The van der Waals surface area contributed by atoms with Gasteiger partial charge in [-0.25, -0.2) is 4.79 Å². The monoisotopic (exact) mass is 213 g/mol. The van der Waals surface area contributed by atoms with Crippen molar-refractivity contribution in [2.24, 2.45) is 0 Å². The summed E-state index contributed by atoms with van der Waals surface area (Å²) in [5.41, 5.74) is 0. The fraction of sp³-hybridized carbons (Fsp3) is 0.909. The molecule has 0 saturated carbocycles. The highest BCUT2D eigenvalue weighted by Gasteiger charge is 2.24. The molecular weight excluding hydrogens is 190 g/mol. The first-order valence-electron chi connectivity index (χ1n) is 5.92. The van der Waals surface area contributed by atoms with E-state index in [4.69, 9.17) is 0 Å². The van der Waals surface area contributed by atoms with Crippen LogP contribution >= 0.6 is 0 Å². The number of likely N-dealkylation sites (tertiary alicyclic amines) is 1. The molecule has 1 saturated heterocycles. The Balaban J connectivity index is 2.35. The number of nitrogens with one attached hydrogen (secondary N) is 1. The van der Waals surface area contributed by atoms with Crippen LogP contribution < -0.4 is 5.32 Å². The van der Waals surface area contributed by atoms with Gasteiger partial charge in [0, 0.05) is 32.7 Å². The molecular formula is C11H23N3O. The zero-order valence-electron chi connectivity index (χ0n) is 10.1. The average Bonchev–Trinajstić information content (AvgIpc) is 2.28. The zero-order valence-corrected chi connectivity index (χ0v) is 10.1. The number of hydrogen-bond donors (Lipinski definition) is 1. The van der Waals surface area contributed by atoms with Crippen molar-refractivity contribution >= 4 is 6.03 Å². The molecule has 2 amide bonds. The summed E-state index contributed by atoms with van der Waals surface area (Å²) in [5.74, 6) is 0. The van der Waals surface area contributed by atoms with E-state index in [1.165, 1.54) is 0 Å². The second-order valence-corrected chi connectivity index (χ2v) is 4.11. The molecule has 4 nitrogen and oxygen atoms in total. The van der Waals surface area contributed by atoms with Crippen LogP contribution in [0.15, 0.2) is 0 Å². The van der Waals surface area contributed by atoms with E-state index in [-0.39, 0.29) is 6.03 Å². The number of carbonyl (C=O) groups is 1. The maximum absolute atomic E-state index is 11.6. The molecule has 0 unspecified atom stereocenters. The largest absolute Gasteiger partial charge is 0.338 e. The molecule has 0 spiro atoms. The minimum Gasteiger partial charge on any atom is -0.338 e. The fourth-order valence-electron chi connectivity index (χ4n) is 2.06. The van der Waals surface area contributed by atoms with Gasteiger partial charge < -0.3 is 15.1 Å². The van der Waals surface area contributed by atoms with Crippen molar-refractivity contribution in [3.8, 4) is 0 Å². The third-order valence-electron chi connectivity index (χ3n) is 3.20. The topological polar surface area (TPSA) is 35.6 Å². The average molecular weight is 213 g/mol. The van der Waals surface area contributed by atoms with Crippen molar-refractivity contribution in [2.75, 3.05) is 33.2 Å². The molecule has 1 heterocycles. The molecule has 0 atom stereocenters. The molecule has 15 heavy (non-hydrogen) atoms. The number of carbonyl (C=O) groups excluding carboxylic acids is 1. The second-order valence-electron chi connectivity index (χ2n) is 4.11. The maximum Gasteiger partial charge on any atom is 0.317 e. The van der Waals surface area contributed by atoms with E-state index in [1.54, 1.807) is 0 Å². The van der Waals surface area contributed by atoms with Gasteiger partial charge in [0.05, 0.1) is 0 Å². The summed E-state index contributed by atoms with van der Waals surface area (Å²) in [6.07, 6.45) is 2.20. The SMILES string of the molecule is CCNC(=O)N(C)C1CCN(CC)CC1. The molecule has 1 aliphatic rings. The van der Waals surface area contributed by atoms with Crippen molar-refractivity contribution in [1.29, 1.82) is 0 Å². The van der Waals surface area contributed by atoms with Crippen LogP contribution in [0.25, 0.3) is 0 Å². The third-order valence-corrected chi connectivity index (χ3v) is 3.20. The molecule has 0 radical (unpaired) electrons. The first-order valence-corrected chi connectivity index (χ1v) is 5.92. The summed E-state index contributed by atoms with van der Waals surface area (Å²) in [6, 6.07) is 0.479. The lowest BCUT2D eigenvalue weighted by Gasteiger charge is -2.36. The Morgan fingerprint density at radius 2 is 2.00 bits per heavy atom. The number of hydrogen-bond acceptors (Lipinski definition) is 2. The predicted molar refractivity (Wildman–Crippen MR) is 62.0 cm³/mol. The van der Waals surface area contributed by atoms with Crippen LogP contribution in [0.2, 0.25) is 0 Å². The first-order chi connectivity index (χ1) is 7.19. The Hall–Kier alpha value is -0.770. The predicted octanol–water partition coefficient (Wildman–Crippen LogP) is 1.13. The van der Waals surface area contributed by atoms with Crippen molar-refractivity contribution < 1.29 is 4.79 Å². The Morgan fingerprint density at radius 3 is 2.47 bits per heavy atom. The quantitative estimate of drug-likeness (QED) is 0.763. The molecule has 0 bridgehead atoms. The van der Waals surface area contributed by atoms with E-state index in [2.05, 4.69) is 17.1 Å². The van der Waals surface area contributed by atoms with Gasteiger partial charge in [0.25, 0.3) is 0 Å². The van der Waals surface area contributed by atoms with E-state index >= 15 is 0 Å². The summed E-state index contributed by atoms with van der Waals surface area (Å²) in [6.45, 7) is 8.20. The minimum absolute atomic E-state index is 0.0625. The standard InChI is InChI=1S/C11H23N3O/c1-4-12-11(15)13(3)10-6-8-14(5-2)9-7-10/h10H,4-9H2,1-3H3,(H,12,15). The van der Waals surface area contributed by atoms with Crippen LogP contribution in [0.4, 0.5) is 4.79 Å². The van der Waals surface area contributed by atoms with E-state index in [1.807, 2.05) is 18.9 Å². The van der Waals surface area contributed by atoms with Gasteiger partial charge in [0.2, 0.25) is 0 Å². The van der Waals surface area contributed by atoms with E-state index in [0.29, 0.717) is 12.6 Å². The van der Waals surface area contributed by atoms with Crippen molar-refractivity contribution in [1.82, 2.24) is 15.1 Å². The number of amides is 2. The third kappa shape index (κ3) is 3.38. The van der Waals surface area contributed by atoms with E-state index < -0.39 is 0 Å². The first kappa shape index (κ1) is 12.3. The van der Waals surface area contributed by atoms with Gasteiger partial charge in [-0.15, -0.1) is 0 Å². The maximum atomic E-state index is 11.6. The highest BCUT2D eigenvalue weighted by molar-refractivity contribution is 5.74. The molecule has 0 aromatic carbocycles. The highest BCUT2D eigenvalue weighted by atomic mass is 16.2. The van der Waals surface area contributed by atoms with Crippen LogP contribution in [0, 0.1) is 0 Å². The molecule has 88 valence electrons. The molecule has 0 aliphatic carbocycles. The van der Waals surface area contributed by atoms with Gasteiger partial charge >= 0.3 is 6.03 Å². The van der Waals surface area contributed by atoms with Gasteiger partial charge in [-0.2, -0.15) is 0 Å². The normalized spacial score (nSPS) is 18.9. The molecule has 0 aromatic rings. The van der Waals surface area contributed by atoms with Crippen LogP contribution in [-0.2, 0) is 0 Å². The van der Waals surface area contributed by atoms with Crippen molar-refractivity contribution in [2.45, 2.75) is 32.7 Å². The zero-order chi connectivity index (χ0) is 11.3. The molecule has 1 rings (SSSR count). The Morgan fingerprint density at radius 1 is 1.40 bits per heavy atom. The lowest BCUT2D eigenvalue weighted by atomic mass is 10.0. The molecule has 0 aromatic heterocycles. The van der Waals surface area contributed by atoms with Gasteiger partial charge in [0.15, 0.2) is 0 Å². The van der Waals surface area contributed by atoms with Crippen molar-refractivity contribution in [3.63, 3.8) is 0 Å². The molecule has 1 N–H and O–H groups in total. The summed E-state index contributed by atoms with van der Waals surface area (Å²) >= 11 is 0.